The summed E-state index contributed by atoms with van der Waals surface area (Å²) in [6.45, 7) is 2.02. The molecule has 178 valence electrons. The molecular weight excluding hydrogens is 475 g/mol. The van der Waals surface area contributed by atoms with Crippen LogP contribution in [0.25, 0.3) is 0 Å². The van der Waals surface area contributed by atoms with Gasteiger partial charge in [0.2, 0.25) is 15.9 Å². The normalized spacial score (nSPS) is 15.1. The first kappa shape index (κ1) is 24.9. The zero-order chi connectivity index (χ0) is 24.0. The number of anilines is 1. The van der Waals surface area contributed by atoms with Gasteiger partial charge in [0, 0.05) is 30.8 Å². The number of carbonyl (C=O) groups excluding carboxylic acids is 2. The number of amides is 1. The molecule has 0 spiro atoms. The highest BCUT2D eigenvalue weighted by Crippen LogP contribution is 2.27. The van der Waals surface area contributed by atoms with E-state index in [1.165, 1.54) is 10.4 Å². The number of nitrogens with one attached hydrogen (secondary N) is 1. The summed E-state index contributed by atoms with van der Waals surface area (Å²) in [6.07, 6.45) is 0.665. The lowest BCUT2D eigenvalue weighted by atomic mass is 9.97. The van der Waals surface area contributed by atoms with Crippen LogP contribution in [-0.4, -0.2) is 50.9 Å². The van der Waals surface area contributed by atoms with Gasteiger partial charge in [0.15, 0.2) is 6.61 Å². The van der Waals surface area contributed by atoms with Gasteiger partial charge in [-0.05, 0) is 50.1 Å². The Balaban J connectivity index is 1.56. The summed E-state index contributed by atoms with van der Waals surface area (Å²) in [5, 5.41) is 2.54. The number of piperidine rings is 1. The first-order valence-corrected chi connectivity index (χ1v) is 12.2. The standard InChI is InChI=1S/C22H24ClFN2O6S/c1-2-31-21(27)14-32-17-5-3-4-16(12-17)25-22(28)15-8-10-26(11-9-15)33(29,30)18-6-7-20(24)19(23)13-18/h3-7,12-13,15H,2,8-11,14H2,1H3,(H,25,28). The van der Waals surface area contributed by atoms with Gasteiger partial charge < -0.3 is 14.8 Å². The van der Waals surface area contributed by atoms with E-state index in [-0.39, 0.29) is 48.0 Å². The molecule has 33 heavy (non-hydrogen) atoms. The second kappa shape index (κ2) is 11.0. The lowest BCUT2D eigenvalue weighted by Gasteiger charge is -2.30. The summed E-state index contributed by atoms with van der Waals surface area (Å²) >= 11 is 5.72. The predicted octanol–water partition coefficient (Wildman–Crippen LogP) is 3.46. The molecular formula is C22H24ClFN2O6S. The maximum Gasteiger partial charge on any atom is 0.344 e. The van der Waals surface area contributed by atoms with Gasteiger partial charge in [0.05, 0.1) is 16.5 Å². The number of benzene rings is 2. The van der Waals surface area contributed by atoms with Crippen molar-refractivity contribution >= 4 is 39.2 Å². The van der Waals surface area contributed by atoms with Crippen LogP contribution in [0.15, 0.2) is 47.4 Å². The van der Waals surface area contributed by atoms with Crippen LogP contribution in [0, 0.1) is 11.7 Å². The van der Waals surface area contributed by atoms with E-state index in [0.29, 0.717) is 24.3 Å². The Morgan fingerprint density at radius 2 is 1.91 bits per heavy atom. The van der Waals surface area contributed by atoms with Gasteiger partial charge in [-0.2, -0.15) is 4.31 Å². The molecule has 1 aliphatic rings. The highest BCUT2D eigenvalue weighted by Gasteiger charge is 2.32. The van der Waals surface area contributed by atoms with E-state index in [2.05, 4.69) is 5.32 Å². The molecule has 1 N–H and O–H groups in total. The topological polar surface area (TPSA) is 102 Å². The Bertz CT molecular complexity index is 1120. The van der Waals surface area contributed by atoms with Crippen LogP contribution in [0.1, 0.15) is 19.8 Å². The molecule has 0 aromatic heterocycles. The summed E-state index contributed by atoms with van der Waals surface area (Å²) in [5.41, 5.74) is 0.498. The van der Waals surface area contributed by atoms with E-state index in [1.54, 1.807) is 31.2 Å². The molecule has 0 radical (unpaired) electrons. The van der Waals surface area contributed by atoms with Gasteiger partial charge in [0.25, 0.3) is 0 Å². The minimum atomic E-state index is -3.84. The van der Waals surface area contributed by atoms with E-state index in [1.807, 2.05) is 0 Å². The molecule has 0 aliphatic carbocycles. The van der Waals surface area contributed by atoms with Crippen LogP contribution in [-0.2, 0) is 24.3 Å². The van der Waals surface area contributed by atoms with E-state index in [9.17, 15) is 22.4 Å². The predicted molar refractivity (Wildman–Crippen MR) is 120 cm³/mol. The van der Waals surface area contributed by atoms with Crippen molar-refractivity contribution < 1.29 is 31.9 Å². The van der Waals surface area contributed by atoms with Gasteiger partial charge in [-0.3, -0.25) is 4.79 Å². The van der Waals surface area contributed by atoms with Gasteiger partial charge in [0.1, 0.15) is 11.6 Å². The van der Waals surface area contributed by atoms with Crippen molar-refractivity contribution in [3.05, 3.63) is 53.3 Å². The Labute approximate surface area is 196 Å². The molecule has 1 fully saturated rings. The van der Waals surface area contributed by atoms with Gasteiger partial charge >= 0.3 is 5.97 Å². The average molecular weight is 499 g/mol. The lowest BCUT2D eigenvalue weighted by Crippen LogP contribution is -2.41. The van der Waals surface area contributed by atoms with Crippen molar-refractivity contribution in [2.24, 2.45) is 5.92 Å². The first-order chi connectivity index (χ1) is 15.7. The molecule has 0 atom stereocenters. The molecule has 11 heteroatoms. The molecule has 0 bridgehead atoms. The summed E-state index contributed by atoms with van der Waals surface area (Å²) in [4.78, 5) is 24.0. The Morgan fingerprint density at radius 3 is 2.58 bits per heavy atom. The van der Waals surface area contributed by atoms with Gasteiger partial charge in [-0.15, -0.1) is 0 Å². The van der Waals surface area contributed by atoms with E-state index in [4.69, 9.17) is 21.1 Å². The lowest BCUT2D eigenvalue weighted by molar-refractivity contribution is -0.145. The van der Waals surface area contributed by atoms with Crippen molar-refractivity contribution in [1.29, 1.82) is 0 Å². The number of hydrogen-bond acceptors (Lipinski definition) is 6. The van der Waals surface area contributed by atoms with Crippen LogP contribution in [0.4, 0.5) is 10.1 Å². The minimum Gasteiger partial charge on any atom is -0.482 e. The Kier molecular flexibility index (Phi) is 8.28. The van der Waals surface area contributed by atoms with Crippen LogP contribution in [0.3, 0.4) is 0 Å². The molecule has 1 heterocycles. The smallest absolute Gasteiger partial charge is 0.344 e. The fraction of sp³-hybridized carbons (Fsp3) is 0.364. The maximum absolute atomic E-state index is 13.4. The maximum atomic E-state index is 13.4. The Hall–Kier alpha value is -2.69. The number of nitrogens with zero attached hydrogens (tertiary/aromatic N) is 1. The molecule has 3 rings (SSSR count). The summed E-state index contributed by atoms with van der Waals surface area (Å²) in [6, 6.07) is 9.88. The quantitative estimate of drug-likeness (QED) is 0.559. The first-order valence-electron chi connectivity index (χ1n) is 10.3. The van der Waals surface area contributed by atoms with Crippen LogP contribution < -0.4 is 10.1 Å². The van der Waals surface area contributed by atoms with Crippen molar-refractivity contribution in [3.63, 3.8) is 0 Å². The third-order valence-electron chi connectivity index (χ3n) is 5.12. The monoisotopic (exact) mass is 498 g/mol. The summed E-state index contributed by atoms with van der Waals surface area (Å²) in [5.74, 6) is -1.39. The molecule has 1 saturated heterocycles. The number of rotatable bonds is 8. The number of carbonyl (C=O) groups is 2. The SMILES string of the molecule is CCOC(=O)COc1cccc(NC(=O)C2CCN(S(=O)(=O)c3ccc(F)c(Cl)c3)CC2)c1. The van der Waals surface area contributed by atoms with Crippen LogP contribution in [0.5, 0.6) is 5.75 Å². The molecule has 0 saturated carbocycles. The van der Waals surface area contributed by atoms with E-state index >= 15 is 0 Å². The third kappa shape index (κ3) is 6.43. The number of hydrogen-bond donors (Lipinski definition) is 1. The molecule has 2 aromatic rings. The van der Waals surface area contributed by atoms with Gasteiger partial charge in [-0.25, -0.2) is 17.6 Å². The average Bonchev–Trinajstić information content (AvgIpc) is 2.80. The Morgan fingerprint density at radius 1 is 1.18 bits per heavy atom. The third-order valence-corrected chi connectivity index (χ3v) is 7.30. The zero-order valence-electron chi connectivity index (χ0n) is 17.9. The van der Waals surface area contributed by atoms with Crippen molar-refractivity contribution in [2.75, 3.05) is 31.6 Å². The number of esters is 1. The number of sulfonamides is 1. The fourth-order valence-electron chi connectivity index (χ4n) is 3.40. The van der Waals surface area contributed by atoms with E-state index in [0.717, 1.165) is 12.1 Å². The summed E-state index contributed by atoms with van der Waals surface area (Å²) in [7, 11) is -3.84. The molecule has 1 amide bonds. The molecule has 8 nitrogen and oxygen atoms in total. The van der Waals surface area contributed by atoms with Crippen molar-refractivity contribution in [3.8, 4) is 5.75 Å². The number of halogens is 2. The van der Waals surface area contributed by atoms with Crippen molar-refractivity contribution in [1.82, 2.24) is 4.31 Å². The highest BCUT2D eigenvalue weighted by atomic mass is 35.5. The van der Waals surface area contributed by atoms with Gasteiger partial charge in [-0.1, -0.05) is 17.7 Å². The highest BCUT2D eigenvalue weighted by molar-refractivity contribution is 7.89. The van der Waals surface area contributed by atoms with Crippen LogP contribution >= 0.6 is 11.6 Å². The van der Waals surface area contributed by atoms with Crippen LogP contribution in [0.2, 0.25) is 5.02 Å². The second-order valence-corrected chi connectivity index (χ2v) is 9.71. The minimum absolute atomic E-state index is 0.0866. The number of ether oxygens (including phenoxy) is 2. The molecule has 2 aromatic carbocycles. The molecule has 1 aliphatic heterocycles. The fourth-order valence-corrected chi connectivity index (χ4v) is 5.14. The molecule has 0 unspecified atom stereocenters. The van der Waals surface area contributed by atoms with Crippen molar-refractivity contribution in [2.45, 2.75) is 24.7 Å². The van der Waals surface area contributed by atoms with E-state index < -0.39 is 21.8 Å². The summed E-state index contributed by atoms with van der Waals surface area (Å²) < 4.78 is 50.4. The largest absolute Gasteiger partial charge is 0.482 e. The zero-order valence-corrected chi connectivity index (χ0v) is 19.5. The second-order valence-electron chi connectivity index (χ2n) is 7.37.